The lowest BCUT2D eigenvalue weighted by molar-refractivity contribution is -0.138. The van der Waals surface area contributed by atoms with Crippen LogP contribution in [0.1, 0.15) is 24.0 Å². The van der Waals surface area contributed by atoms with Gasteiger partial charge in [0.05, 0.1) is 17.4 Å². The maximum Gasteiger partial charge on any atom is 0.310 e. The van der Waals surface area contributed by atoms with Crippen LogP contribution in [0.5, 0.6) is 5.75 Å². The number of benzene rings is 3. The SMILES string of the molecule is CC(C(=O)O)c1ccccc1OCCc1cccc(NS(=O)(=O)c2ccccc2)c1. The number of nitrogens with one attached hydrogen (secondary N) is 1. The number of carboxylic acids is 1. The van der Waals surface area contributed by atoms with E-state index in [-0.39, 0.29) is 4.90 Å². The highest BCUT2D eigenvalue weighted by atomic mass is 32.2. The van der Waals surface area contributed by atoms with Crippen LogP contribution in [0.4, 0.5) is 5.69 Å². The fourth-order valence-electron chi connectivity index (χ4n) is 2.99. The molecule has 156 valence electrons. The molecule has 0 spiro atoms. The standard InChI is InChI=1S/C23H23NO5S/c1-17(23(25)26)21-12-5-6-13-22(21)29-15-14-18-8-7-9-19(16-18)24-30(27,28)20-10-3-2-4-11-20/h2-13,16-17,24H,14-15H2,1H3,(H,25,26). The molecule has 3 rings (SSSR count). The molecular formula is C23H23NO5S. The Bertz CT molecular complexity index is 1110. The van der Waals surface area contributed by atoms with Gasteiger partial charge in [-0.25, -0.2) is 8.42 Å². The maximum atomic E-state index is 12.5. The molecule has 0 aliphatic heterocycles. The molecule has 0 heterocycles. The molecule has 3 aromatic carbocycles. The zero-order chi connectivity index (χ0) is 21.6. The van der Waals surface area contributed by atoms with Crippen LogP contribution in [0, 0.1) is 0 Å². The lowest BCUT2D eigenvalue weighted by Gasteiger charge is -2.14. The summed E-state index contributed by atoms with van der Waals surface area (Å²) in [4.78, 5) is 11.5. The van der Waals surface area contributed by atoms with Crippen LogP contribution < -0.4 is 9.46 Å². The van der Waals surface area contributed by atoms with Crippen molar-refractivity contribution in [1.29, 1.82) is 0 Å². The first kappa shape index (κ1) is 21.4. The van der Waals surface area contributed by atoms with Crippen LogP contribution in [0.2, 0.25) is 0 Å². The monoisotopic (exact) mass is 425 g/mol. The van der Waals surface area contributed by atoms with Crippen LogP contribution in [0.15, 0.2) is 83.8 Å². The van der Waals surface area contributed by atoms with Crippen LogP contribution in [-0.4, -0.2) is 26.1 Å². The third-order valence-corrected chi connectivity index (χ3v) is 6.03. The Hall–Kier alpha value is -3.32. The van der Waals surface area contributed by atoms with E-state index in [0.29, 0.717) is 30.0 Å². The molecule has 0 saturated carbocycles. The van der Waals surface area contributed by atoms with E-state index in [2.05, 4.69) is 4.72 Å². The maximum absolute atomic E-state index is 12.5. The number of anilines is 1. The summed E-state index contributed by atoms with van der Waals surface area (Å²) >= 11 is 0. The van der Waals surface area contributed by atoms with Crippen molar-refractivity contribution in [2.24, 2.45) is 0 Å². The summed E-state index contributed by atoms with van der Waals surface area (Å²) in [6.45, 7) is 1.95. The zero-order valence-electron chi connectivity index (χ0n) is 16.5. The number of hydrogen-bond acceptors (Lipinski definition) is 4. The van der Waals surface area contributed by atoms with Crippen molar-refractivity contribution < 1.29 is 23.1 Å². The summed E-state index contributed by atoms with van der Waals surface area (Å²) in [5.74, 6) is -1.05. The predicted octanol–water partition coefficient (Wildman–Crippen LogP) is 4.30. The van der Waals surface area contributed by atoms with E-state index in [9.17, 15) is 18.3 Å². The number of carbonyl (C=O) groups is 1. The summed E-state index contributed by atoms with van der Waals surface area (Å²) in [5.41, 5.74) is 1.98. The van der Waals surface area contributed by atoms with Crippen LogP contribution in [-0.2, 0) is 21.2 Å². The number of aliphatic carboxylic acids is 1. The van der Waals surface area contributed by atoms with Crippen molar-refractivity contribution in [3.05, 3.63) is 90.0 Å². The van der Waals surface area contributed by atoms with Crippen LogP contribution in [0.3, 0.4) is 0 Å². The minimum Gasteiger partial charge on any atom is -0.493 e. The minimum atomic E-state index is -3.65. The molecule has 0 aromatic heterocycles. The second-order valence-corrected chi connectivity index (χ2v) is 8.50. The zero-order valence-corrected chi connectivity index (χ0v) is 17.3. The molecule has 7 heteroatoms. The van der Waals surface area contributed by atoms with Crippen molar-refractivity contribution >= 4 is 21.7 Å². The summed E-state index contributed by atoms with van der Waals surface area (Å²) in [7, 11) is -3.65. The number of rotatable bonds is 9. The molecule has 1 atom stereocenters. The van der Waals surface area contributed by atoms with Gasteiger partial charge in [0, 0.05) is 17.7 Å². The van der Waals surface area contributed by atoms with Gasteiger partial charge in [0.2, 0.25) is 0 Å². The molecule has 0 radical (unpaired) electrons. The predicted molar refractivity (Wildman–Crippen MR) is 115 cm³/mol. The van der Waals surface area contributed by atoms with Gasteiger partial charge in [0.15, 0.2) is 0 Å². The Morgan fingerprint density at radius 1 is 1.00 bits per heavy atom. The van der Waals surface area contributed by atoms with Gasteiger partial charge in [-0.15, -0.1) is 0 Å². The highest BCUT2D eigenvalue weighted by molar-refractivity contribution is 7.92. The lowest BCUT2D eigenvalue weighted by atomic mass is 10.0. The molecule has 0 aliphatic rings. The van der Waals surface area contributed by atoms with Gasteiger partial charge in [-0.1, -0.05) is 48.5 Å². The molecule has 0 bridgehead atoms. The van der Waals surface area contributed by atoms with Crippen molar-refractivity contribution in [3.63, 3.8) is 0 Å². The van der Waals surface area contributed by atoms with Crippen molar-refractivity contribution in [3.8, 4) is 5.75 Å². The third-order valence-electron chi connectivity index (χ3n) is 4.64. The van der Waals surface area contributed by atoms with E-state index in [1.165, 1.54) is 12.1 Å². The Balaban J connectivity index is 1.65. The summed E-state index contributed by atoms with van der Waals surface area (Å²) in [6, 6.07) is 22.4. The van der Waals surface area contributed by atoms with E-state index in [1.807, 2.05) is 6.07 Å². The van der Waals surface area contributed by atoms with Gasteiger partial charge < -0.3 is 9.84 Å². The Kier molecular flexibility index (Phi) is 6.74. The smallest absolute Gasteiger partial charge is 0.310 e. The average Bonchev–Trinajstić information content (AvgIpc) is 2.74. The molecular weight excluding hydrogens is 402 g/mol. The topological polar surface area (TPSA) is 92.7 Å². The second kappa shape index (κ2) is 9.45. The quantitative estimate of drug-likeness (QED) is 0.533. The van der Waals surface area contributed by atoms with E-state index in [0.717, 1.165) is 5.56 Å². The Labute approximate surface area is 176 Å². The van der Waals surface area contributed by atoms with Gasteiger partial charge in [-0.2, -0.15) is 0 Å². The molecule has 1 unspecified atom stereocenters. The van der Waals surface area contributed by atoms with E-state index in [4.69, 9.17) is 4.74 Å². The van der Waals surface area contributed by atoms with E-state index in [1.54, 1.807) is 67.6 Å². The number of ether oxygens (including phenoxy) is 1. The largest absolute Gasteiger partial charge is 0.493 e. The van der Waals surface area contributed by atoms with Gasteiger partial charge in [0.25, 0.3) is 10.0 Å². The highest BCUT2D eigenvalue weighted by Crippen LogP contribution is 2.27. The number of para-hydroxylation sites is 1. The minimum absolute atomic E-state index is 0.197. The normalized spacial score (nSPS) is 12.2. The average molecular weight is 426 g/mol. The van der Waals surface area contributed by atoms with Crippen LogP contribution >= 0.6 is 0 Å². The molecule has 6 nitrogen and oxygen atoms in total. The molecule has 0 saturated heterocycles. The summed E-state index contributed by atoms with van der Waals surface area (Å²) in [6.07, 6.45) is 0.538. The number of hydrogen-bond donors (Lipinski definition) is 2. The molecule has 2 N–H and O–H groups in total. The second-order valence-electron chi connectivity index (χ2n) is 6.82. The van der Waals surface area contributed by atoms with Gasteiger partial charge >= 0.3 is 5.97 Å². The molecule has 0 amide bonds. The van der Waals surface area contributed by atoms with E-state index >= 15 is 0 Å². The molecule has 0 fully saturated rings. The van der Waals surface area contributed by atoms with Gasteiger partial charge in [-0.3, -0.25) is 9.52 Å². The summed E-state index contributed by atoms with van der Waals surface area (Å²) < 4.78 is 33.4. The van der Waals surface area contributed by atoms with Gasteiger partial charge in [0.1, 0.15) is 5.75 Å². The Morgan fingerprint density at radius 2 is 1.70 bits per heavy atom. The van der Waals surface area contributed by atoms with Crippen LogP contribution in [0.25, 0.3) is 0 Å². The molecule has 0 aliphatic carbocycles. The first-order chi connectivity index (χ1) is 14.4. The fourth-order valence-corrected chi connectivity index (χ4v) is 4.06. The third kappa shape index (κ3) is 5.39. The Morgan fingerprint density at radius 3 is 2.43 bits per heavy atom. The molecule has 30 heavy (non-hydrogen) atoms. The first-order valence-electron chi connectivity index (χ1n) is 9.48. The van der Waals surface area contributed by atoms with Crippen molar-refractivity contribution in [1.82, 2.24) is 0 Å². The number of carboxylic acid groups (broad SMARTS) is 1. The first-order valence-corrected chi connectivity index (χ1v) is 11.0. The molecule has 3 aromatic rings. The summed E-state index contributed by atoms with van der Waals surface area (Å²) in [5, 5.41) is 9.26. The number of sulfonamides is 1. The van der Waals surface area contributed by atoms with E-state index < -0.39 is 21.9 Å². The lowest BCUT2D eigenvalue weighted by Crippen LogP contribution is -2.13. The fraction of sp³-hybridized carbons (Fsp3) is 0.174. The van der Waals surface area contributed by atoms with Gasteiger partial charge in [-0.05, 0) is 42.8 Å². The highest BCUT2D eigenvalue weighted by Gasteiger charge is 2.18. The van der Waals surface area contributed by atoms with Crippen molar-refractivity contribution in [2.75, 3.05) is 11.3 Å². The van der Waals surface area contributed by atoms with Crippen molar-refractivity contribution in [2.45, 2.75) is 24.2 Å².